The van der Waals surface area contributed by atoms with Crippen LogP contribution in [0.5, 0.6) is 0 Å². The van der Waals surface area contributed by atoms with Crippen molar-refractivity contribution in [2.24, 2.45) is 35.5 Å². The molecule has 36 heavy (non-hydrogen) atoms. The molecule has 0 aromatic rings. The Hall–Kier alpha value is -1.14. The molecule has 0 bridgehead atoms. The van der Waals surface area contributed by atoms with Crippen LogP contribution < -0.4 is 0 Å². The maximum absolute atomic E-state index is 14.2. The number of carbonyl (C=O) groups excluding carboxylic acids is 2. The van der Waals surface area contributed by atoms with Crippen LogP contribution >= 0.6 is 0 Å². The highest BCUT2D eigenvalue weighted by atomic mass is 16.2. The van der Waals surface area contributed by atoms with Gasteiger partial charge in [0.2, 0.25) is 11.8 Å². The molecule has 10 unspecified atom stereocenters. The summed E-state index contributed by atoms with van der Waals surface area (Å²) in [5.41, 5.74) is 0. The van der Waals surface area contributed by atoms with Crippen LogP contribution in [0.2, 0.25) is 0 Å². The van der Waals surface area contributed by atoms with E-state index in [-0.39, 0.29) is 11.8 Å². The van der Waals surface area contributed by atoms with E-state index in [1.54, 1.807) is 0 Å². The van der Waals surface area contributed by atoms with Gasteiger partial charge < -0.3 is 9.80 Å². The van der Waals surface area contributed by atoms with Gasteiger partial charge in [0.15, 0.2) is 0 Å². The quantitative estimate of drug-likeness (QED) is 0.562. The maximum atomic E-state index is 14.2. The summed E-state index contributed by atoms with van der Waals surface area (Å²) >= 11 is 0. The van der Waals surface area contributed by atoms with Crippen molar-refractivity contribution in [2.75, 3.05) is 39.3 Å². The van der Waals surface area contributed by atoms with Gasteiger partial charge in [-0.05, 0) is 126 Å². The molecule has 8 aliphatic heterocycles. The highest BCUT2D eigenvalue weighted by Crippen LogP contribution is 2.50. The fourth-order valence-electron chi connectivity index (χ4n) is 11.4. The molecule has 8 fully saturated rings. The fraction of sp³-hybridized carbons (Fsp3) is 0.933. The Morgan fingerprint density at radius 3 is 1.83 bits per heavy atom. The van der Waals surface area contributed by atoms with Crippen molar-refractivity contribution in [2.45, 2.75) is 101 Å². The standard InChI is InChI=1S/C30H46N4O2/c35-27-16-21(15-26-24-8-4-14-32-12-1-5-19(29(24)32)17-33(26)27)22-9-10-25-23-7-3-13-31-11-2-6-20(28(23)31)18-34(25)30(22)36/h19-26,28-29H,1-18H2. The fourth-order valence-corrected chi connectivity index (χ4v) is 11.4. The van der Waals surface area contributed by atoms with Crippen molar-refractivity contribution in [1.82, 2.24) is 19.6 Å². The van der Waals surface area contributed by atoms with E-state index < -0.39 is 0 Å². The van der Waals surface area contributed by atoms with Crippen molar-refractivity contribution in [1.29, 1.82) is 0 Å². The van der Waals surface area contributed by atoms with E-state index in [0.29, 0.717) is 60.0 Å². The zero-order valence-electron chi connectivity index (χ0n) is 22.1. The lowest BCUT2D eigenvalue weighted by Gasteiger charge is -2.61. The summed E-state index contributed by atoms with van der Waals surface area (Å²) in [4.78, 5) is 38.1. The molecule has 6 heteroatoms. The molecule has 8 aliphatic rings. The zero-order valence-corrected chi connectivity index (χ0v) is 22.1. The summed E-state index contributed by atoms with van der Waals surface area (Å²) in [5.74, 6) is 3.89. The smallest absolute Gasteiger partial charge is 0.226 e. The number of carbonyl (C=O) groups is 2. The predicted molar refractivity (Wildman–Crippen MR) is 138 cm³/mol. The highest BCUT2D eigenvalue weighted by Gasteiger charge is 2.56. The molecule has 0 spiro atoms. The first-order valence-electron chi connectivity index (χ1n) is 15.8. The van der Waals surface area contributed by atoms with E-state index in [9.17, 15) is 9.59 Å². The first-order chi connectivity index (χ1) is 17.7. The molecule has 8 heterocycles. The molecule has 0 aliphatic carbocycles. The van der Waals surface area contributed by atoms with Gasteiger partial charge in [-0.25, -0.2) is 0 Å². The van der Waals surface area contributed by atoms with E-state index in [2.05, 4.69) is 19.6 Å². The minimum atomic E-state index is 0.0935. The Morgan fingerprint density at radius 2 is 1.17 bits per heavy atom. The molecule has 198 valence electrons. The third-order valence-corrected chi connectivity index (χ3v) is 12.6. The first kappa shape index (κ1) is 22.8. The largest absolute Gasteiger partial charge is 0.339 e. The van der Waals surface area contributed by atoms with Gasteiger partial charge in [-0.1, -0.05) is 0 Å². The monoisotopic (exact) mass is 494 g/mol. The van der Waals surface area contributed by atoms with Crippen LogP contribution in [0.25, 0.3) is 0 Å². The van der Waals surface area contributed by atoms with Gasteiger partial charge in [-0.3, -0.25) is 19.4 Å². The van der Waals surface area contributed by atoms with Gasteiger partial charge in [-0.15, -0.1) is 0 Å². The van der Waals surface area contributed by atoms with Crippen LogP contribution in [0, 0.1) is 35.5 Å². The average molecular weight is 495 g/mol. The Bertz CT molecular complexity index is 905. The number of amides is 2. The lowest BCUT2D eigenvalue weighted by Crippen LogP contribution is -2.69. The van der Waals surface area contributed by atoms with Crippen LogP contribution in [-0.2, 0) is 9.59 Å². The van der Waals surface area contributed by atoms with Gasteiger partial charge in [0.05, 0.1) is 0 Å². The molecule has 0 aromatic heterocycles. The second-order valence-electron chi connectivity index (χ2n) is 14.0. The topological polar surface area (TPSA) is 47.1 Å². The highest BCUT2D eigenvalue weighted by molar-refractivity contribution is 5.83. The Balaban J connectivity index is 1.03. The van der Waals surface area contributed by atoms with Gasteiger partial charge in [0.1, 0.15) is 0 Å². The van der Waals surface area contributed by atoms with Crippen molar-refractivity contribution < 1.29 is 9.59 Å². The van der Waals surface area contributed by atoms with E-state index in [1.165, 1.54) is 84.0 Å². The average Bonchev–Trinajstić information content (AvgIpc) is 2.90. The van der Waals surface area contributed by atoms with Crippen molar-refractivity contribution in [3.8, 4) is 0 Å². The lowest BCUT2D eigenvalue weighted by molar-refractivity contribution is -0.166. The van der Waals surface area contributed by atoms with E-state index in [1.807, 2.05) is 0 Å². The summed E-state index contributed by atoms with van der Waals surface area (Å²) in [5, 5.41) is 0. The summed E-state index contributed by atoms with van der Waals surface area (Å²) < 4.78 is 0. The number of fused-ring (bicyclic) bond motifs is 4. The molecule has 8 saturated heterocycles. The third-order valence-electron chi connectivity index (χ3n) is 12.6. The molecule has 8 rings (SSSR count). The van der Waals surface area contributed by atoms with Crippen molar-refractivity contribution in [3.05, 3.63) is 0 Å². The van der Waals surface area contributed by atoms with Crippen LogP contribution in [0.15, 0.2) is 0 Å². The summed E-state index contributed by atoms with van der Waals surface area (Å²) in [7, 11) is 0. The normalized spacial score (nSPS) is 49.1. The summed E-state index contributed by atoms with van der Waals surface area (Å²) in [6, 6.07) is 2.30. The maximum Gasteiger partial charge on any atom is 0.226 e. The second kappa shape index (κ2) is 8.69. The minimum Gasteiger partial charge on any atom is -0.339 e. The number of hydrogen-bond donors (Lipinski definition) is 0. The molecular weight excluding hydrogens is 448 g/mol. The first-order valence-corrected chi connectivity index (χ1v) is 15.8. The van der Waals surface area contributed by atoms with Crippen LogP contribution in [0.1, 0.15) is 77.0 Å². The number of hydrogen-bond acceptors (Lipinski definition) is 4. The van der Waals surface area contributed by atoms with Crippen molar-refractivity contribution >= 4 is 11.8 Å². The van der Waals surface area contributed by atoms with Gasteiger partial charge in [0, 0.05) is 49.6 Å². The molecule has 0 aromatic carbocycles. The molecule has 0 radical (unpaired) electrons. The van der Waals surface area contributed by atoms with Gasteiger partial charge in [-0.2, -0.15) is 0 Å². The number of rotatable bonds is 1. The second-order valence-corrected chi connectivity index (χ2v) is 14.0. The molecule has 0 N–H and O–H groups in total. The Morgan fingerprint density at radius 1 is 0.583 bits per heavy atom. The Labute approximate surface area is 217 Å². The number of nitrogens with zero attached hydrogens (tertiary/aromatic N) is 4. The summed E-state index contributed by atoms with van der Waals surface area (Å²) in [6.45, 7) is 7.07. The van der Waals surface area contributed by atoms with Crippen LogP contribution in [0.4, 0.5) is 0 Å². The van der Waals surface area contributed by atoms with E-state index in [4.69, 9.17) is 0 Å². The van der Waals surface area contributed by atoms with Gasteiger partial charge in [0.25, 0.3) is 0 Å². The summed E-state index contributed by atoms with van der Waals surface area (Å²) in [6.07, 6.45) is 14.3. The van der Waals surface area contributed by atoms with Crippen LogP contribution in [-0.4, -0.2) is 94.8 Å². The van der Waals surface area contributed by atoms with E-state index >= 15 is 0 Å². The predicted octanol–water partition coefficient (Wildman–Crippen LogP) is 3.21. The van der Waals surface area contributed by atoms with Gasteiger partial charge >= 0.3 is 0 Å². The Kier molecular flexibility index (Phi) is 5.51. The zero-order chi connectivity index (χ0) is 24.0. The van der Waals surface area contributed by atoms with E-state index in [0.717, 1.165) is 32.0 Å². The lowest BCUT2D eigenvalue weighted by atomic mass is 9.63. The molecule has 2 amide bonds. The minimum absolute atomic E-state index is 0.0935. The third kappa shape index (κ3) is 3.34. The van der Waals surface area contributed by atoms with Crippen molar-refractivity contribution in [3.63, 3.8) is 0 Å². The SMILES string of the molecule is O=C1CC(C2CCC3C4CCCN5CCCC(CN3C2=O)C45)CC2C3CCCN4CCCC(CN12)C34. The molecule has 0 saturated carbocycles. The van der Waals surface area contributed by atoms with Crippen LogP contribution in [0.3, 0.4) is 0 Å². The molecule has 10 atom stereocenters. The molecular formula is C30H46N4O2. The number of piperidine rings is 8. The molecule has 6 nitrogen and oxygen atoms in total.